The van der Waals surface area contributed by atoms with Crippen molar-refractivity contribution in [1.29, 1.82) is 0 Å². The Hall–Kier alpha value is -4.08. The van der Waals surface area contributed by atoms with Gasteiger partial charge >= 0.3 is 0 Å². The van der Waals surface area contributed by atoms with Crippen molar-refractivity contribution in [2.45, 2.75) is 6.92 Å². The predicted molar refractivity (Wildman–Crippen MR) is 110 cm³/mol. The Balaban J connectivity index is 1.83. The Morgan fingerprint density at radius 2 is 1.90 bits per heavy atom. The fourth-order valence-electron chi connectivity index (χ4n) is 2.87. The Morgan fingerprint density at radius 1 is 1.23 bits per heavy atom. The van der Waals surface area contributed by atoms with Gasteiger partial charge in [0.25, 0.3) is 11.6 Å². The Kier molecular flexibility index (Phi) is 6.39. The summed E-state index contributed by atoms with van der Waals surface area (Å²) in [5.74, 6) is -1.16. The molecule has 0 radical (unpaired) electrons. The first-order chi connectivity index (χ1) is 14.8. The van der Waals surface area contributed by atoms with Crippen molar-refractivity contribution in [3.63, 3.8) is 0 Å². The fourth-order valence-corrected chi connectivity index (χ4v) is 2.87. The monoisotopic (exact) mass is 426 g/mol. The Bertz CT molecular complexity index is 1190. The van der Waals surface area contributed by atoms with Gasteiger partial charge in [-0.05, 0) is 25.1 Å². The number of carbonyl (C=O) groups excluding carboxylic acids is 1. The van der Waals surface area contributed by atoms with Crippen LogP contribution >= 0.6 is 0 Å². The molecule has 31 heavy (non-hydrogen) atoms. The number of hydrogen-bond acceptors (Lipinski definition) is 6. The van der Waals surface area contributed by atoms with E-state index in [0.717, 1.165) is 0 Å². The molecule has 0 saturated heterocycles. The topological polar surface area (TPSA) is 108 Å². The number of amides is 1. The predicted octanol–water partition coefficient (Wildman–Crippen LogP) is 2.74. The summed E-state index contributed by atoms with van der Waals surface area (Å²) < 4.78 is 20.1. The molecule has 0 bridgehead atoms. The summed E-state index contributed by atoms with van der Waals surface area (Å²) in [6.45, 7) is 1.62. The lowest BCUT2D eigenvalue weighted by Crippen LogP contribution is -2.36. The molecule has 10 heteroatoms. The molecule has 0 aliphatic carbocycles. The molecule has 1 heterocycles. The zero-order valence-corrected chi connectivity index (χ0v) is 16.8. The van der Waals surface area contributed by atoms with E-state index in [4.69, 9.17) is 4.74 Å². The zero-order valence-electron chi connectivity index (χ0n) is 16.8. The summed E-state index contributed by atoms with van der Waals surface area (Å²) in [5, 5.41) is 15.4. The van der Waals surface area contributed by atoms with Crippen LogP contribution in [0.4, 0.5) is 10.1 Å². The largest absolute Gasteiger partial charge is 0.489 e. The molecule has 0 spiro atoms. The molecule has 1 aromatic heterocycles. The number of likely N-dealkylation sites (N-methyl/N-ethyl adjacent to an activating group) is 1. The number of nitrogens with zero attached hydrogens (tertiary/aromatic N) is 4. The lowest BCUT2D eigenvalue weighted by Gasteiger charge is -2.18. The number of nitro groups is 1. The second kappa shape index (κ2) is 9.16. The first kappa shape index (κ1) is 21.6. The van der Waals surface area contributed by atoms with Crippen LogP contribution in [-0.2, 0) is 0 Å². The maximum Gasteiger partial charge on any atom is 0.294 e. The van der Waals surface area contributed by atoms with Crippen molar-refractivity contribution < 1.29 is 18.8 Å². The van der Waals surface area contributed by atoms with Crippen LogP contribution in [0.15, 0.2) is 59.4 Å². The van der Waals surface area contributed by atoms with E-state index in [1.807, 2.05) is 0 Å². The van der Waals surface area contributed by atoms with E-state index in [1.54, 1.807) is 19.1 Å². The van der Waals surface area contributed by atoms with Crippen molar-refractivity contribution in [3.05, 3.63) is 92.1 Å². The van der Waals surface area contributed by atoms with Crippen molar-refractivity contribution in [1.82, 2.24) is 14.7 Å². The SMILES string of the molecule is Cc1cc(=O)c(C(=O)N(C)CCOc2ccccc2F)nn1-c1ccccc1[N+](=O)[O-]. The number of ether oxygens (including phenoxy) is 1. The highest BCUT2D eigenvalue weighted by Crippen LogP contribution is 2.22. The average molecular weight is 426 g/mol. The second-order valence-corrected chi connectivity index (χ2v) is 6.66. The molecular formula is C21H19FN4O5. The number of halogens is 1. The average Bonchev–Trinajstić information content (AvgIpc) is 2.74. The summed E-state index contributed by atoms with van der Waals surface area (Å²) in [6.07, 6.45) is 0. The zero-order chi connectivity index (χ0) is 22.5. The normalized spacial score (nSPS) is 10.5. The van der Waals surface area contributed by atoms with Crippen LogP contribution in [0, 0.1) is 22.9 Å². The van der Waals surface area contributed by atoms with E-state index in [1.165, 1.54) is 59.1 Å². The van der Waals surface area contributed by atoms with Crippen molar-refractivity contribution in [2.24, 2.45) is 0 Å². The first-order valence-electron chi connectivity index (χ1n) is 9.27. The minimum atomic E-state index is -0.686. The lowest BCUT2D eigenvalue weighted by atomic mass is 10.2. The van der Waals surface area contributed by atoms with Crippen molar-refractivity contribution >= 4 is 11.6 Å². The number of aryl methyl sites for hydroxylation is 1. The molecule has 0 N–H and O–H groups in total. The highest BCUT2D eigenvalue weighted by molar-refractivity contribution is 5.91. The van der Waals surface area contributed by atoms with Gasteiger partial charge in [0.1, 0.15) is 12.3 Å². The smallest absolute Gasteiger partial charge is 0.294 e. The number of hydrogen-bond donors (Lipinski definition) is 0. The Morgan fingerprint density at radius 3 is 2.61 bits per heavy atom. The summed E-state index contributed by atoms with van der Waals surface area (Å²) in [7, 11) is 1.45. The molecule has 2 aromatic carbocycles. The quantitative estimate of drug-likeness (QED) is 0.425. The van der Waals surface area contributed by atoms with Gasteiger partial charge in [-0.2, -0.15) is 5.10 Å². The van der Waals surface area contributed by atoms with Crippen LogP contribution in [0.1, 0.15) is 16.2 Å². The molecule has 0 aliphatic rings. The third-order valence-corrected chi connectivity index (χ3v) is 4.48. The number of carbonyl (C=O) groups is 1. The molecule has 0 aliphatic heterocycles. The number of nitro benzene ring substituents is 1. The number of rotatable bonds is 7. The van der Waals surface area contributed by atoms with Crippen LogP contribution in [0.25, 0.3) is 5.69 Å². The summed E-state index contributed by atoms with van der Waals surface area (Å²) >= 11 is 0. The summed E-state index contributed by atoms with van der Waals surface area (Å²) in [4.78, 5) is 37.2. The van der Waals surface area contributed by atoms with Crippen LogP contribution < -0.4 is 10.2 Å². The maximum atomic E-state index is 13.6. The van der Waals surface area contributed by atoms with Gasteiger partial charge in [-0.15, -0.1) is 0 Å². The van der Waals surface area contributed by atoms with Gasteiger partial charge in [-0.1, -0.05) is 24.3 Å². The number of benzene rings is 2. The molecule has 160 valence electrons. The van der Waals surface area contributed by atoms with Crippen molar-refractivity contribution in [3.8, 4) is 11.4 Å². The molecular weight excluding hydrogens is 407 g/mol. The second-order valence-electron chi connectivity index (χ2n) is 6.66. The molecule has 0 fully saturated rings. The fraction of sp³-hybridized carbons (Fsp3) is 0.190. The molecule has 0 atom stereocenters. The minimum absolute atomic E-state index is 0.00657. The summed E-state index contributed by atoms with van der Waals surface area (Å²) in [5.41, 5.74) is -0.755. The third-order valence-electron chi connectivity index (χ3n) is 4.48. The first-order valence-corrected chi connectivity index (χ1v) is 9.27. The number of para-hydroxylation sites is 3. The van der Waals surface area contributed by atoms with Crippen LogP contribution in [0.3, 0.4) is 0 Å². The molecule has 0 saturated carbocycles. The van der Waals surface area contributed by atoms with Gasteiger partial charge in [-0.25, -0.2) is 9.07 Å². The van der Waals surface area contributed by atoms with Crippen molar-refractivity contribution in [2.75, 3.05) is 20.2 Å². The van der Waals surface area contributed by atoms with Gasteiger partial charge in [0.2, 0.25) is 5.43 Å². The molecule has 9 nitrogen and oxygen atoms in total. The van der Waals surface area contributed by atoms with Crippen LogP contribution in [0.2, 0.25) is 0 Å². The highest BCUT2D eigenvalue weighted by atomic mass is 19.1. The van der Waals surface area contributed by atoms with Crippen LogP contribution in [0.5, 0.6) is 5.75 Å². The number of aromatic nitrogens is 2. The van der Waals surface area contributed by atoms with Gasteiger partial charge in [0, 0.05) is 24.9 Å². The lowest BCUT2D eigenvalue weighted by molar-refractivity contribution is -0.384. The van der Waals surface area contributed by atoms with Gasteiger partial charge in [-0.3, -0.25) is 19.7 Å². The third kappa shape index (κ3) is 4.74. The van der Waals surface area contributed by atoms with Crippen LogP contribution in [-0.4, -0.2) is 45.7 Å². The van der Waals surface area contributed by atoms with E-state index in [9.17, 15) is 24.1 Å². The van der Waals surface area contributed by atoms with E-state index in [0.29, 0.717) is 5.69 Å². The molecule has 1 amide bonds. The maximum absolute atomic E-state index is 13.6. The van der Waals surface area contributed by atoms with E-state index in [2.05, 4.69) is 5.10 Å². The highest BCUT2D eigenvalue weighted by Gasteiger charge is 2.22. The van der Waals surface area contributed by atoms with E-state index >= 15 is 0 Å². The Labute approximate surface area is 176 Å². The minimum Gasteiger partial charge on any atom is -0.489 e. The molecule has 3 rings (SSSR count). The van der Waals surface area contributed by atoms with E-state index < -0.39 is 27.8 Å². The van der Waals surface area contributed by atoms with Gasteiger partial charge < -0.3 is 9.64 Å². The molecule has 0 unspecified atom stereocenters. The van der Waals surface area contributed by atoms with Gasteiger partial charge in [0.05, 0.1) is 11.5 Å². The summed E-state index contributed by atoms with van der Waals surface area (Å²) in [6, 6.07) is 12.9. The standard InChI is InChI=1S/C21H19FN4O5/c1-14-13-18(27)20(23-25(14)16-8-4-5-9-17(16)26(29)30)21(28)24(2)11-12-31-19-10-6-3-7-15(19)22/h3-10,13H,11-12H2,1-2H3. The van der Waals surface area contributed by atoms with E-state index in [-0.39, 0.29) is 30.3 Å². The molecule has 3 aromatic rings. The van der Waals surface area contributed by atoms with Gasteiger partial charge in [0.15, 0.2) is 17.3 Å².